The lowest BCUT2D eigenvalue weighted by molar-refractivity contribution is -0.204. The van der Waals surface area contributed by atoms with Crippen molar-refractivity contribution in [1.29, 1.82) is 0 Å². The molecular formula is C18H27NO5S. The van der Waals surface area contributed by atoms with Crippen LogP contribution >= 0.6 is 0 Å². The van der Waals surface area contributed by atoms with Gasteiger partial charge in [0.2, 0.25) is 0 Å². The summed E-state index contributed by atoms with van der Waals surface area (Å²) < 4.78 is 27.4. The Balaban J connectivity index is 1.98. The first-order chi connectivity index (χ1) is 11.6. The van der Waals surface area contributed by atoms with Gasteiger partial charge in [-0.1, -0.05) is 24.3 Å². The predicted octanol–water partition coefficient (Wildman–Crippen LogP) is 2.85. The molecule has 1 saturated heterocycles. The molecule has 7 heteroatoms. The van der Waals surface area contributed by atoms with Crippen LogP contribution in [0.25, 0.3) is 0 Å². The summed E-state index contributed by atoms with van der Waals surface area (Å²) >= 11 is 0. The van der Waals surface area contributed by atoms with Crippen molar-refractivity contribution in [1.82, 2.24) is 5.06 Å². The van der Waals surface area contributed by atoms with Crippen LogP contribution in [0.15, 0.2) is 24.3 Å². The Kier molecular flexibility index (Phi) is 6.24. The Morgan fingerprint density at radius 2 is 1.80 bits per heavy atom. The summed E-state index contributed by atoms with van der Waals surface area (Å²) in [6, 6.07) is 7.74. The van der Waals surface area contributed by atoms with Crippen molar-refractivity contribution in [3.05, 3.63) is 35.4 Å². The summed E-state index contributed by atoms with van der Waals surface area (Å²) in [5.74, 6) is 0.0665. The molecule has 140 valence electrons. The number of piperidine rings is 1. The minimum Gasteiger partial charge on any atom is -0.367 e. The summed E-state index contributed by atoms with van der Waals surface area (Å²) in [4.78, 5) is 17.4. The molecule has 1 aliphatic heterocycles. The quantitative estimate of drug-likeness (QED) is 0.743. The zero-order valence-electron chi connectivity index (χ0n) is 15.3. The first-order valence-corrected chi connectivity index (χ1v) is 10.3. The summed E-state index contributed by atoms with van der Waals surface area (Å²) in [6.07, 6.45) is 2.73. The van der Waals surface area contributed by atoms with E-state index < -0.39 is 15.5 Å². The number of hydrogen-bond acceptors (Lipinski definition) is 6. The van der Waals surface area contributed by atoms with Gasteiger partial charge in [0.05, 0.1) is 18.3 Å². The molecule has 0 bridgehead atoms. The van der Waals surface area contributed by atoms with Gasteiger partial charge < -0.3 is 4.84 Å². The van der Waals surface area contributed by atoms with E-state index in [1.807, 2.05) is 45.0 Å². The molecule has 1 fully saturated rings. The number of carbonyl (C=O) groups excluding carboxylic acids is 1. The molecule has 0 radical (unpaired) electrons. The van der Waals surface area contributed by atoms with Crippen molar-refractivity contribution in [3.63, 3.8) is 0 Å². The van der Waals surface area contributed by atoms with Crippen molar-refractivity contribution >= 4 is 16.1 Å². The zero-order chi connectivity index (χ0) is 18.7. The van der Waals surface area contributed by atoms with Gasteiger partial charge in [-0.05, 0) is 50.7 Å². The van der Waals surface area contributed by atoms with Crippen molar-refractivity contribution in [2.45, 2.75) is 46.1 Å². The molecule has 0 N–H and O–H groups in total. The summed E-state index contributed by atoms with van der Waals surface area (Å²) in [5, 5.41) is 1.72. The molecule has 0 unspecified atom stereocenters. The molecule has 2 rings (SSSR count). The molecule has 25 heavy (non-hydrogen) atoms. The van der Waals surface area contributed by atoms with Gasteiger partial charge in [0.15, 0.2) is 0 Å². The van der Waals surface area contributed by atoms with Crippen LogP contribution in [-0.4, -0.2) is 38.8 Å². The molecule has 0 aliphatic carbocycles. The monoisotopic (exact) mass is 369 g/mol. The van der Waals surface area contributed by atoms with E-state index in [-0.39, 0.29) is 12.6 Å². The molecule has 1 heterocycles. The minimum atomic E-state index is -3.47. The van der Waals surface area contributed by atoms with Crippen LogP contribution < -0.4 is 0 Å². The van der Waals surface area contributed by atoms with Crippen molar-refractivity contribution < 1.29 is 22.2 Å². The van der Waals surface area contributed by atoms with Crippen LogP contribution in [0.1, 0.15) is 50.7 Å². The number of nitrogens with zero attached hydrogens (tertiary/aromatic N) is 1. The minimum absolute atomic E-state index is 0.0498. The van der Waals surface area contributed by atoms with Crippen molar-refractivity contribution in [3.8, 4) is 0 Å². The Morgan fingerprint density at radius 3 is 2.36 bits per heavy atom. The molecule has 0 atom stereocenters. The highest BCUT2D eigenvalue weighted by Crippen LogP contribution is 2.31. The Bertz CT molecular complexity index is 700. The molecule has 1 aromatic rings. The highest BCUT2D eigenvalue weighted by Gasteiger charge is 2.29. The zero-order valence-corrected chi connectivity index (χ0v) is 16.1. The van der Waals surface area contributed by atoms with Gasteiger partial charge in [-0.15, -0.1) is 5.06 Å². The fourth-order valence-electron chi connectivity index (χ4n) is 2.75. The third-order valence-corrected chi connectivity index (χ3v) is 4.75. The average molecular weight is 369 g/mol. The number of rotatable bonds is 5. The van der Waals surface area contributed by atoms with E-state index in [0.717, 1.165) is 30.2 Å². The topological polar surface area (TPSA) is 72.9 Å². The Morgan fingerprint density at radius 1 is 1.20 bits per heavy atom. The molecular weight excluding hydrogens is 342 g/mol. The van der Waals surface area contributed by atoms with Crippen LogP contribution in [0, 0.1) is 5.41 Å². The van der Waals surface area contributed by atoms with E-state index in [1.54, 1.807) is 5.06 Å². The summed E-state index contributed by atoms with van der Waals surface area (Å²) in [6.45, 7) is 6.87. The van der Waals surface area contributed by atoms with E-state index in [0.29, 0.717) is 19.0 Å². The predicted molar refractivity (Wildman–Crippen MR) is 95.2 cm³/mol. The van der Waals surface area contributed by atoms with Gasteiger partial charge in [-0.2, -0.15) is 8.42 Å². The second-order valence-corrected chi connectivity index (χ2v) is 9.14. The van der Waals surface area contributed by atoms with Crippen LogP contribution in [0.5, 0.6) is 0 Å². The first-order valence-electron chi connectivity index (χ1n) is 8.46. The van der Waals surface area contributed by atoms with Crippen LogP contribution in [0.3, 0.4) is 0 Å². The smallest absolute Gasteiger partial charge is 0.330 e. The van der Waals surface area contributed by atoms with E-state index >= 15 is 0 Å². The fourth-order valence-corrected chi connectivity index (χ4v) is 3.09. The molecule has 1 aromatic carbocycles. The standard InChI is InChI=1S/C18H27NO5S/c1-18(2,3)17(20)24-19-11-9-14(10-12-19)16-8-6-5-7-15(16)13-23-25(4,21)22/h5-8,14H,9-13H2,1-4H3. The maximum Gasteiger partial charge on any atom is 0.330 e. The van der Waals surface area contributed by atoms with Gasteiger partial charge in [-0.3, -0.25) is 4.18 Å². The van der Waals surface area contributed by atoms with Crippen LogP contribution in [0.2, 0.25) is 0 Å². The van der Waals surface area contributed by atoms with Gasteiger partial charge in [0.25, 0.3) is 10.1 Å². The second kappa shape index (κ2) is 7.85. The third kappa shape index (κ3) is 6.09. The largest absolute Gasteiger partial charge is 0.367 e. The lowest BCUT2D eigenvalue weighted by Gasteiger charge is -2.33. The van der Waals surface area contributed by atoms with E-state index in [1.165, 1.54) is 0 Å². The summed E-state index contributed by atoms with van der Waals surface area (Å²) in [7, 11) is -3.47. The molecule has 0 aromatic heterocycles. The number of carbonyl (C=O) groups is 1. The van der Waals surface area contributed by atoms with Gasteiger partial charge in [-0.25, -0.2) is 4.79 Å². The third-order valence-electron chi connectivity index (χ3n) is 4.20. The lowest BCUT2D eigenvalue weighted by Crippen LogP contribution is -2.38. The number of hydrogen-bond donors (Lipinski definition) is 0. The molecule has 6 nitrogen and oxygen atoms in total. The maximum absolute atomic E-state index is 12.0. The van der Waals surface area contributed by atoms with Gasteiger partial charge >= 0.3 is 5.97 Å². The molecule has 0 amide bonds. The van der Waals surface area contributed by atoms with Gasteiger partial charge in [0, 0.05) is 13.1 Å². The van der Waals surface area contributed by atoms with E-state index in [2.05, 4.69) is 0 Å². The maximum atomic E-state index is 12.0. The first kappa shape index (κ1) is 19.9. The Labute approximate surface area is 150 Å². The SMILES string of the molecule is CC(C)(C)C(=O)ON1CCC(c2ccccc2COS(C)(=O)=O)CC1. The normalized spacial score (nSPS) is 17.4. The lowest BCUT2D eigenvalue weighted by atomic mass is 9.87. The second-order valence-electron chi connectivity index (χ2n) is 7.50. The van der Waals surface area contributed by atoms with Crippen LogP contribution in [-0.2, 0) is 30.5 Å². The number of hydroxylamine groups is 2. The number of benzene rings is 1. The highest BCUT2D eigenvalue weighted by molar-refractivity contribution is 7.85. The Hall–Kier alpha value is -1.44. The average Bonchev–Trinajstić information content (AvgIpc) is 2.52. The summed E-state index contributed by atoms with van der Waals surface area (Å²) in [5.41, 5.74) is 1.47. The molecule has 1 aliphatic rings. The van der Waals surface area contributed by atoms with Gasteiger partial charge in [0.1, 0.15) is 0 Å². The fraction of sp³-hybridized carbons (Fsp3) is 0.611. The van der Waals surface area contributed by atoms with Crippen molar-refractivity contribution in [2.24, 2.45) is 5.41 Å². The van der Waals surface area contributed by atoms with Crippen molar-refractivity contribution in [2.75, 3.05) is 19.3 Å². The molecule has 0 spiro atoms. The highest BCUT2D eigenvalue weighted by atomic mass is 32.2. The van der Waals surface area contributed by atoms with E-state index in [9.17, 15) is 13.2 Å². The van der Waals surface area contributed by atoms with Crippen LogP contribution in [0.4, 0.5) is 0 Å². The van der Waals surface area contributed by atoms with E-state index in [4.69, 9.17) is 9.02 Å². The molecule has 0 saturated carbocycles.